The van der Waals surface area contributed by atoms with Crippen molar-refractivity contribution in [2.45, 2.75) is 17.5 Å². The molecule has 2 aliphatic heterocycles. The number of rotatable bonds is 5. The lowest BCUT2D eigenvalue weighted by Crippen LogP contribution is -2.47. The van der Waals surface area contributed by atoms with Gasteiger partial charge in [-0.3, -0.25) is 9.69 Å². The van der Waals surface area contributed by atoms with Gasteiger partial charge in [-0.05, 0) is 30.7 Å². The van der Waals surface area contributed by atoms with Crippen LogP contribution in [0.3, 0.4) is 0 Å². The maximum absolute atomic E-state index is 12.9. The number of fused-ring (bicyclic) bond motifs is 1. The second-order valence-electron chi connectivity index (χ2n) is 7.32. The molecule has 166 valence electrons. The van der Waals surface area contributed by atoms with Crippen molar-refractivity contribution >= 4 is 21.9 Å². The van der Waals surface area contributed by atoms with E-state index in [2.05, 4.69) is 19.8 Å². The van der Waals surface area contributed by atoms with Crippen molar-refractivity contribution in [3.05, 3.63) is 47.8 Å². The molecule has 0 spiro atoms. The van der Waals surface area contributed by atoms with E-state index in [1.807, 2.05) is 0 Å². The SMILES string of the molecule is O=C1c2cc(C(F)(F)F)ccc2S(=O)(=O)N1CCCN1CCN(c2ncccn2)CC1. The average molecular weight is 455 g/mol. The molecule has 1 aromatic heterocycles. The summed E-state index contributed by atoms with van der Waals surface area (Å²) in [5, 5.41) is 0. The summed E-state index contributed by atoms with van der Waals surface area (Å²) in [6.07, 6.45) is -0.915. The van der Waals surface area contributed by atoms with Crippen LogP contribution in [0.1, 0.15) is 22.3 Å². The van der Waals surface area contributed by atoms with E-state index in [4.69, 9.17) is 0 Å². The lowest BCUT2D eigenvalue weighted by molar-refractivity contribution is -0.137. The molecule has 0 saturated carbocycles. The van der Waals surface area contributed by atoms with Gasteiger partial charge in [0.1, 0.15) is 4.90 Å². The highest BCUT2D eigenvalue weighted by Crippen LogP contribution is 2.36. The molecule has 0 bridgehead atoms. The standard InChI is InChI=1S/C19H20F3N5O3S/c20-19(21,22)14-3-4-16-15(13-14)17(28)27(31(16,29)30)8-2-7-25-9-11-26(12-10-25)18-23-5-1-6-24-18/h1,3-6,13H,2,7-12H2. The Morgan fingerprint density at radius 1 is 1.00 bits per heavy atom. The van der Waals surface area contributed by atoms with Crippen LogP contribution in [0.15, 0.2) is 41.6 Å². The van der Waals surface area contributed by atoms with Gasteiger partial charge in [0.15, 0.2) is 0 Å². The van der Waals surface area contributed by atoms with Gasteiger partial charge < -0.3 is 4.90 Å². The van der Waals surface area contributed by atoms with Crippen molar-refractivity contribution < 1.29 is 26.4 Å². The van der Waals surface area contributed by atoms with Gasteiger partial charge in [-0.2, -0.15) is 13.2 Å². The van der Waals surface area contributed by atoms with Crippen molar-refractivity contribution in [1.82, 2.24) is 19.2 Å². The second-order valence-corrected chi connectivity index (χ2v) is 9.15. The molecule has 12 heteroatoms. The van der Waals surface area contributed by atoms with Gasteiger partial charge in [0, 0.05) is 51.7 Å². The number of nitrogens with zero attached hydrogens (tertiary/aromatic N) is 5. The minimum Gasteiger partial charge on any atom is -0.338 e. The first kappa shape index (κ1) is 21.5. The number of anilines is 1. The van der Waals surface area contributed by atoms with Gasteiger partial charge in [-0.1, -0.05) is 0 Å². The molecule has 0 atom stereocenters. The van der Waals surface area contributed by atoms with Gasteiger partial charge in [0.25, 0.3) is 15.9 Å². The van der Waals surface area contributed by atoms with Gasteiger partial charge in [0.05, 0.1) is 11.1 Å². The van der Waals surface area contributed by atoms with Crippen LogP contribution in [0, 0.1) is 0 Å². The Bertz CT molecular complexity index is 1070. The number of hydrogen-bond donors (Lipinski definition) is 0. The topological polar surface area (TPSA) is 86.7 Å². The fraction of sp³-hybridized carbons (Fsp3) is 0.421. The number of alkyl halides is 3. The average Bonchev–Trinajstić information content (AvgIpc) is 2.94. The molecule has 4 rings (SSSR count). The van der Waals surface area contributed by atoms with E-state index >= 15 is 0 Å². The highest BCUT2D eigenvalue weighted by Gasteiger charge is 2.43. The number of aromatic nitrogens is 2. The summed E-state index contributed by atoms with van der Waals surface area (Å²) in [4.78, 5) is 24.8. The van der Waals surface area contributed by atoms with E-state index in [0.717, 1.165) is 32.2 Å². The zero-order chi connectivity index (χ0) is 22.2. The fourth-order valence-electron chi connectivity index (χ4n) is 3.75. The van der Waals surface area contributed by atoms with Crippen LogP contribution in [0.4, 0.5) is 19.1 Å². The van der Waals surface area contributed by atoms with E-state index in [9.17, 15) is 26.4 Å². The molecule has 3 heterocycles. The normalized spacial score (nSPS) is 19.0. The van der Waals surface area contributed by atoms with Gasteiger partial charge in [-0.25, -0.2) is 22.7 Å². The Hall–Kier alpha value is -2.73. The first-order chi connectivity index (χ1) is 14.7. The summed E-state index contributed by atoms with van der Waals surface area (Å²) in [5.41, 5.74) is -1.47. The molecule has 2 aliphatic rings. The zero-order valence-corrected chi connectivity index (χ0v) is 17.2. The number of carbonyl (C=O) groups excluding carboxylic acids is 1. The molecular weight excluding hydrogens is 435 g/mol. The van der Waals surface area contributed by atoms with Crippen LogP contribution in [-0.2, 0) is 16.2 Å². The third kappa shape index (κ3) is 4.22. The minimum absolute atomic E-state index is 0.0841. The quantitative estimate of drug-likeness (QED) is 0.680. The number of benzene rings is 1. The van der Waals surface area contributed by atoms with Crippen LogP contribution in [0.2, 0.25) is 0 Å². The molecule has 0 aliphatic carbocycles. The molecule has 1 aromatic carbocycles. The number of amides is 1. The Morgan fingerprint density at radius 2 is 1.68 bits per heavy atom. The van der Waals surface area contributed by atoms with Crippen LogP contribution in [-0.4, -0.2) is 72.8 Å². The van der Waals surface area contributed by atoms with E-state index in [1.54, 1.807) is 18.5 Å². The first-order valence-electron chi connectivity index (χ1n) is 9.70. The Balaban J connectivity index is 1.34. The highest BCUT2D eigenvalue weighted by atomic mass is 32.2. The summed E-state index contributed by atoms with van der Waals surface area (Å²) in [7, 11) is -4.13. The summed E-state index contributed by atoms with van der Waals surface area (Å²) in [6.45, 7) is 3.38. The van der Waals surface area contributed by atoms with Gasteiger partial charge in [0.2, 0.25) is 5.95 Å². The second kappa shape index (κ2) is 8.08. The zero-order valence-electron chi connectivity index (χ0n) is 16.4. The van der Waals surface area contributed by atoms with E-state index in [-0.39, 0.29) is 11.4 Å². The molecule has 1 amide bonds. The lowest BCUT2D eigenvalue weighted by atomic mass is 10.1. The molecule has 0 radical (unpaired) electrons. The van der Waals surface area contributed by atoms with Crippen molar-refractivity contribution in [2.24, 2.45) is 0 Å². The Kier molecular flexibility index (Phi) is 5.60. The molecule has 0 N–H and O–H groups in total. The number of hydrogen-bond acceptors (Lipinski definition) is 7. The lowest BCUT2D eigenvalue weighted by Gasteiger charge is -2.34. The maximum atomic E-state index is 12.9. The van der Waals surface area contributed by atoms with Crippen LogP contribution in [0.25, 0.3) is 0 Å². The fourth-order valence-corrected chi connectivity index (χ4v) is 5.33. The predicted octanol–water partition coefficient (Wildman–Crippen LogP) is 1.85. The van der Waals surface area contributed by atoms with Gasteiger partial charge in [-0.15, -0.1) is 0 Å². The monoisotopic (exact) mass is 455 g/mol. The van der Waals surface area contributed by atoms with Gasteiger partial charge >= 0.3 is 6.18 Å². The van der Waals surface area contributed by atoms with Crippen molar-refractivity contribution in [1.29, 1.82) is 0 Å². The number of piperazine rings is 1. The smallest absolute Gasteiger partial charge is 0.338 e. The van der Waals surface area contributed by atoms with Crippen molar-refractivity contribution in [2.75, 3.05) is 44.2 Å². The predicted molar refractivity (Wildman–Crippen MR) is 105 cm³/mol. The summed E-state index contributed by atoms with van der Waals surface area (Å²) < 4.78 is 64.7. The van der Waals surface area contributed by atoms with Crippen LogP contribution in [0.5, 0.6) is 0 Å². The number of sulfonamides is 1. The largest absolute Gasteiger partial charge is 0.416 e. The Morgan fingerprint density at radius 3 is 2.32 bits per heavy atom. The van der Waals surface area contributed by atoms with Crippen LogP contribution < -0.4 is 4.90 Å². The Labute approximate surface area is 177 Å². The molecule has 1 fully saturated rings. The first-order valence-corrected chi connectivity index (χ1v) is 11.1. The third-order valence-corrected chi connectivity index (χ3v) is 7.22. The van der Waals surface area contributed by atoms with E-state index in [1.165, 1.54) is 0 Å². The maximum Gasteiger partial charge on any atom is 0.416 e. The minimum atomic E-state index is -4.65. The molecule has 1 saturated heterocycles. The number of halogens is 3. The van der Waals surface area contributed by atoms with Crippen molar-refractivity contribution in [3.8, 4) is 0 Å². The van der Waals surface area contributed by atoms with E-state index < -0.39 is 33.2 Å². The van der Waals surface area contributed by atoms with Crippen molar-refractivity contribution in [3.63, 3.8) is 0 Å². The molecule has 8 nitrogen and oxygen atoms in total. The highest BCUT2D eigenvalue weighted by molar-refractivity contribution is 7.90. The molecule has 31 heavy (non-hydrogen) atoms. The number of carbonyl (C=O) groups is 1. The van der Waals surface area contributed by atoms with E-state index in [0.29, 0.717) is 35.4 Å². The molecular formula is C19H20F3N5O3S. The molecule has 0 unspecified atom stereocenters. The summed E-state index contributed by atoms with van der Waals surface area (Å²) in [5.74, 6) is -0.251. The summed E-state index contributed by atoms with van der Waals surface area (Å²) >= 11 is 0. The molecule has 2 aromatic rings. The van der Waals surface area contributed by atoms with Crippen LogP contribution >= 0.6 is 0 Å². The third-order valence-electron chi connectivity index (χ3n) is 5.37. The summed E-state index contributed by atoms with van der Waals surface area (Å²) in [6, 6.07) is 3.90.